The number of amides is 2. The van der Waals surface area contributed by atoms with Crippen molar-refractivity contribution in [1.29, 1.82) is 0 Å². The fourth-order valence-corrected chi connectivity index (χ4v) is 4.98. The second-order valence-corrected chi connectivity index (χ2v) is 8.91. The molecule has 0 aromatic heterocycles. The molecule has 0 unspecified atom stereocenters. The average Bonchev–Trinajstić information content (AvgIpc) is 2.61. The van der Waals surface area contributed by atoms with E-state index in [2.05, 4.69) is 10.2 Å². The van der Waals surface area contributed by atoms with Gasteiger partial charge in [-0.1, -0.05) is 18.6 Å². The molecule has 3 fully saturated rings. The van der Waals surface area contributed by atoms with Crippen molar-refractivity contribution < 1.29 is 13.9 Å². The molecular weight excluding hydrogens is 357 g/mol. The van der Waals surface area contributed by atoms with Gasteiger partial charge in [0.15, 0.2) is 0 Å². The normalized spacial score (nSPS) is 23.1. The highest BCUT2D eigenvalue weighted by Crippen LogP contribution is 2.48. The van der Waals surface area contributed by atoms with Gasteiger partial charge in [-0.05, 0) is 49.3 Å². The summed E-state index contributed by atoms with van der Waals surface area (Å²) < 4.78 is 18.5. The SMILES string of the molecule is COCC1(C2CCC2)CN(C(=O)NC2CCN(Cc3ccc(F)cc3)CC2)C1. The predicted molar refractivity (Wildman–Crippen MR) is 106 cm³/mol. The lowest BCUT2D eigenvalue weighted by atomic mass is 9.61. The van der Waals surface area contributed by atoms with Crippen molar-refractivity contribution in [2.75, 3.05) is 39.9 Å². The summed E-state index contributed by atoms with van der Waals surface area (Å²) in [4.78, 5) is 17.0. The van der Waals surface area contributed by atoms with Crippen molar-refractivity contribution in [2.45, 2.75) is 44.7 Å². The fraction of sp³-hybridized carbons (Fsp3) is 0.682. The van der Waals surface area contributed by atoms with E-state index < -0.39 is 0 Å². The summed E-state index contributed by atoms with van der Waals surface area (Å²) in [7, 11) is 1.77. The van der Waals surface area contributed by atoms with Gasteiger partial charge in [-0.25, -0.2) is 9.18 Å². The van der Waals surface area contributed by atoms with E-state index in [9.17, 15) is 9.18 Å². The van der Waals surface area contributed by atoms with Gasteiger partial charge in [0, 0.05) is 51.3 Å². The van der Waals surface area contributed by atoms with Crippen LogP contribution in [0.1, 0.15) is 37.7 Å². The summed E-state index contributed by atoms with van der Waals surface area (Å²) in [6.07, 6.45) is 5.81. The Bertz CT molecular complexity index is 663. The minimum Gasteiger partial charge on any atom is -0.384 e. The molecular formula is C22H32FN3O2. The van der Waals surface area contributed by atoms with Gasteiger partial charge in [0.1, 0.15) is 5.82 Å². The zero-order chi connectivity index (χ0) is 19.6. The molecule has 0 atom stereocenters. The molecule has 2 aliphatic heterocycles. The van der Waals surface area contributed by atoms with Crippen LogP contribution in [0.15, 0.2) is 24.3 Å². The molecule has 2 heterocycles. The third-order valence-electron chi connectivity index (χ3n) is 6.94. The lowest BCUT2D eigenvalue weighted by molar-refractivity contribution is -0.0942. The van der Waals surface area contributed by atoms with Crippen LogP contribution in [0.2, 0.25) is 0 Å². The van der Waals surface area contributed by atoms with E-state index in [1.54, 1.807) is 7.11 Å². The first-order valence-electron chi connectivity index (χ1n) is 10.6. The van der Waals surface area contributed by atoms with Crippen molar-refractivity contribution >= 4 is 6.03 Å². The number of hydrogen-bond donors (Lipinski definition) is 1. The highest BCUT2D eigenvalue weighted by molar-refractivity contribution is 5.75. The summed E-state index contributed by atoms with van der Waals surface area (Å²) in [6, 6.07) is 7.06. The number of nitrogens with one attached hydrogen (secondary N) is 1. The molecule has 0 radical (unpaired) electrons. The van der Waals surface area contributed by atoms with Crippen LogP contribution in [0.25, 0.3) is 0 Å². The van der Waals surface area contributed by atoms with Crippen molar-refractivity contribution in [3.63, 3.8) is 0 Å². The Hall–Kier alpha value is -1.66. The first-order valence-corrected chi connectivity index (χ1v) is 10.6. The average molecular weight is 390 g/mol. The number of benzene rings is 1. The highest BCUT2D eigenvalue weighted by atomic mass is 19.1. The Morgan fingerprint density at radius 3 is 2.43 bits per heavy atom. The number of urea groups is 1. The van der Waals surface area contributed by atoms with Gasteiger partial charge in [-0.2, -0.15) is 0 Å². The lowest BCUT2D eigenvalue weighted by Gasteiger charge is -2.56. The molecule has 0 spiro atoms. The van der Waals surface area contributed by atoms with Crippen molar-refractivity contribution in [3.05, 3.63) is 35.6 Å². The number of methoxy groups -OCH3 is 1. The maximum atomic E-state index is 13.0. The number of hydrogen-bond acceptors (Lipinski definition) is 3. The number of ether oxygens (including phenoxy) is 1. The van der Waals surface area contributed by atoms with Gasteiger partial charge in [-0.3, -0.25) is 4.90 Å². The second kappa shape index (κ2) is 8.37. The summed E-state index contributed by atoms with van der Waals surface area (Å²) in [6.45, 7) is 5.19. The zero-order valence-electron chi connectivity index (χ0n) is 16.8. The molecule has 1 aromatic carbocycles. The second-order valence-electron chi connectivity index (χ2n) is 8.91. The quantitative estimate of drug-likeness (QED) is 0.812. The van der Waals surface area contributed by atoms with Gasteiger partial charge in [0.05, 0.1) is 6.61 Å². The zero-order valence-corrected chi connectivity index (χ0v) is 16.8. The molecule has 4 rings (SSSR count). The van der Waals surface area contributed by atoms with Crippen LogP contribution in [0.3, 0.4) is 0 Å². The van der Waals surface area contributed by atoms with E-state index in [0.717, 1.165) is 63.7 Å². The number of nitrogens with zero attached hydrogens (tertiary/aromatic N) is 2. The molecule has 1 aromatic rings. The summed E-state index contributed by atoms with van der Waals surface area (Å²) in [5, 5.41) is 3.24. The number of carbonyl (C=O) groups is 1. The van der Waals surface area contributed by atoms with Crippen LogP contribution in [-0.4, -0.2) is 61.8 Å². The van der Waals surface area contributed by atoms with Crippen LogP contribution in [-0.2, 0) is 11.3 Å². The van der Waals surface area contributed by atoms with Gasteiger partial charge < -0.3 is 15.0 Å². The maximum absolute atomic E-state index is 13.0. The molecule has 2 saturated heterocycles. The topological polar surface area (TPSA) is 44.8 Å². The minimum atomic E-state index is -0.192. The number of rotatable bonds is 6. The molecule has 1 N–H and O–H groups in total. The molecule has 154 valence electrons. The minimum absolute atomic E-state index is 0.0861. The van der Waals surface area contributed by atoms with E-state index >= 15 is 0 Å². The summed E-state index contributed by atoms with van der Waals surface area (Å²) >= 11 is 0. The Balaban J connectivity index is 1.20. The molecule has 1 aliphatic carbocycles. The van der Waals surface area contributed by atoms with Gasteiger partial charge in [0.25, 0.3) is 0 Å². The van der Waals surface area contributed by atoms with E-state index in [1.165, 1.54) is 31.4 Å². The summed E-state index contributed by atoms with van der Waals surface area (Å²) in [5.41, 5.74) is 1.33. The van der Waals surface area contributed by atoms with Crippen molar-refractivity contribution in [2.24, 2.45) is 11.3 Å². The number of likely N-dealkylation sites (tertiary alicyclic amines) is 2. The van der Waals surface area contributed by atoms with Crippen LogP contribution < -0.4 is 5.32 Å². The first kappa shape index (κ1) is 19.6. The number of carbonyl (C=O) groups excluding carboxylic acids is 1. The van der Waals surface area contributed by atoms with E-state index in [1.807, 2.05) is 17.0 Å². The molecule has 5 nitrogen and oxygen atoms in total. The monoisotopic (exact) mass is 389 g/mol. The highest BCUT2D eigenvalue weighted by Gasteiger charge is 2.52. The Morgan fingerprint density at radius 1 is 1.18 bits per heavy atom. The Kier molecular flexibility index (Phi) is 5.88. The van der Waals surface area contributed by atoms with Gasteiger partial charge in [0.2, 0.25) is 0 Å². The number of halogens is 1. The molecule has 0 bridgehead atoms. The lowest BCUT2D eigenvalue weighted by Crippen LogP contribution is -2.67. The van der Waals surface area contributed by atoms with E-state index in [0.29, 0.717) is 0 Å². The first-order chi connectivity index (χ1) is 13.6. The smallest absolute Gasteiger partial charge is 0.317 e. The van der Waals surface area contributed by atoms with Crippen LogP contribution in [0.5, 0.6) is 0 Å². The predicted octanol–water partition coefficient (Wildman–Crippen LogP) is 3.25. The third-order valence-corrected chi connectivity index (χ3v) is 6.94. The van der Waals surface area contributed by atoms with E-state index in [-0.39, 0.29) is 23.3 Å². The molecule has 28 heavy (non-hydrogen) atoms. The molecule has 1 saturated carbocycles. The van der Waals surface area contributed by atoms with E-state index in [4.69, 9.17) is 4.74 Å². The molecule has 3 aliphatic rings. The van der Waals surface area contributed by atoms with Gasteiger partial charge in [-0.15, -0.1) is 0 Å². The molecule has 6 heteroatoms. The Labute approximate surface area is 167 Å². The number of piperidine rings is 1. The summed E-state index contributed by atoms with van der Waals surface area (Å²) in [5.74, 6) is 0.536. The largest absolute Gasteiger partial charge is 0.384 e. The van der Waals surface area contributed by atoms with Gasteiger partial charge >= 0.3 is 6.03 Å². The van der Waals surface area contributed by atoms with Crippen LogP contribution >= 0.6 is 0 Å². The van der Waals surface area contributed by atoms with Crippen molar-refractivity contribution in [1.82, 2.24) is 15.1 Å². The third kappa shape index (κ3) is 4.18. The van der Waals surface area contributed by atoms with Crippen LogP contribution in [0, 0.1) is 17.2 Å². The van der Waals surface area contributed by atoms with Crippen LogP contribution in [0.4, 0.5) is 9.18 Å². The maximum Gasteiger partial charge on any atom is 0.317 e. The molecule has 2 amide bonds. The van der Waals surface area contributed by atoms with Crippen molar-refractivity contribution in [3.8, 4) is 0 Å². The Morgan fingerprint density at radius 2 is 1.86 bits per heavy atom. The fourth-order valence-electron chi connectivity index (χ4n) is 4.98. The standard InChI is InChI=1S/C22H32FN3O2/c1-28-16-22(18-3-2-4-18)14-26(15-22)21(27)24-20-9-11-25(12-10-20)13-17-5-7-19(23)8-6-17/h5-8,18,20H,2-4,9-16H2,1H3,(H,24,27).